The molecule has 51 heavy (non-hydrogen) atoms. The molecule has 11 nitrogen and oxygen atoms in total. The summed E-state index contributed by atoms with van der Waals surface area (Å²) in [6.45, 7) is 1.48. The molecule has 4 rings (SSSR count). The molecule has 0 bridgehead atoms. The van der Waals surface area contributed by atoms with Crippen molar-refractivity contribution in [3.05, 3.63) is 106 Å². The van der Waals surface area contributed by atoms with Crippen molar-refractivity contribution >= 4 is 50.7 Å². The first kappa shape index (κ1) is 39.1. The molecule has 14 heteroatoms. The van der Waals surface area contributed by atoms with Gasteiger partial charge in [0.1, 0.15) is 24.1 Å². The van der Waals surface area contributed by atoms with Crippen LogP contribution in [0.4, 0.5) is 5.69 Å². The lowest BCUT2D eigenvalue weighted by atomic mass is 10.0. The number of carbonyl (C=O) groups excluding carboxylic acids is 2. The van der Waals surface area contributed by atoms with Gasteiger partial charge in [-0.2, -0.15) is 0 Å². The summed E-state index contributed by atoms with van der Waals surface area (Å²) in [5, 5.41) is 3.49. The molecule has 0 fully saturated rings. The zero-order valence-corrected chi connectivity index (χ0v) is 31.3. The van der Waals surface area contributed by atoms with Crippen LogP contribution in [0.1, 0.15) is 24.5 Å². The van der Waals surface area contributed by atoms with Crippen molar-refractivity contribution in [3.63, 3.8) is 0 Å². The molecule has 1 atom stereocenters. The number of halogens is 2. The quantitative estimate of drug-likeness (QED) is 0.132. The number of hydrogen-bond acceptors (Lipinski definition) is 8. The number of nitrogens with zero attached hydrogens (tertiary/aromatic N) is 2. The molecule has 0 aliphatic carbocycles. The topological polar surface area (TPSA) is 124 Å². The molecule has 272 valence electrons. The minimum Gasteiger partial charge on any atom is -0.497 e. The van der Waals surface area contributed by atoms with Gasteiger partial charge in [-0.15, -0.1) is 0 Å². The summed E-state index contributed by atoms with van der Waals surface area (Å²) >= 11 is 12.6. The molecule has 0 aromatic heterocycles. The van der Waals surface area contributed by atoms with Crippen LogP contribution >= 0.6 is 23.2 Å². The fourth-order valence-corrected chi connectivity index (χ4v) is 7.12. The van der Waals surface area contributed by atoms with Gasteiger partial charge in [-0.3, -0.25) is 13.9 Å². The van der Waals surface area contributed by atoms with Crippen molar-refractivity contribution in [3.8, 4) is 23.0 Å². The van der Waals surface area contributed by atoms with Crippen LogP contribution < -0.4 is 28.6 Å². The van der Waals surface area contributed by atoms with Crippen LogP contribution in [0.3, 0.4) is 0 Å². The number of sulfonamides is 1. The average Bonchev–Trinajstić information content (AvgIpc) is 3.15. The number of hydrogen-bond donors (Lipinski definition) is 1. The van der Waals surface area contributed by atoms with Gasteiger partial charge in [0.05, 0.1) is 49.1 Å². The van der Waals surface area contributed by atoms with Gasteiger partial charge in [0.25, 0.3) is 10.0 Å². The van der Waals surface area contributed by atoms with Gasteiger partial charge in [0.2, 0.25) is 11.8 Å². The molecule has 0 aliphatic heterocycles. The van der Waals surface area contributed by atoms with Crippen molar-refractivity contribution in [2.24, 2.45) is 0 Å². The summed E-state index contributed by atoms with van der Waals surface area (Å²) in [5.41, 5.74) is 1.40. The first-order valence-electron chi connectivity index (χ1n) is 16.0. The second-order valence-corrected chi connectivity index (χ2v) is 14.0. The van der Waals surface area contributed by atoms with Crippen molar-refractivity contribution in [1.82, 2.24) is 10.2 Å². The largest absolute Gasteiger partial charge is 0.497 e. The third kappa shape index (κ3) is 9.57. The van der Waals surface area contributed by atoms with E-state index < -0.39 is 34.4 Å². The lowest BCUT2D eigenvalue weighted by Crippen LogP contribution is -2.53. The smallest absolute Gasteiger partial charge is 0.265 e. The van der Waals surface area contributed by atoms with E-state index >= 15 is 0 Å². The summed E-state index contributed by atoms with van der Waals surface area (Å²) in [4.78, 5) is 29.9. The van der Waals surface area contributed by atoms with E-state index in [1.165, 1.54) is 57.6 Å². The minimum atomic E-state index is -4.53. The predicted octanol–water partition coefficient (Wildman–Crippen LogP) is 6.39. The maximum Gasteiger partial charge on any atom is 0.265 e. The van der Waals surface area contributed by atoms with E-state index in [0.717, 1.165) is 9.87 Å². The second-order valence-electron chi connectivity index (χ2n) is 11.3. The maximum absolute atomic E-state index is 14.8. The fourth-order valence-electron chi connectivity index (χ4n) is 5.36. The zero-order valence-electron chi connectivity index (χ0n) is 29.0. The van der Waals surface area contributed by atoms with Crippen molar-refractivity contribution in [2.75, 3.05) is 45.8 Å². The highest BCUT2D eigenvalue weighted by Crippen LogP contribution is 2.38. The summed E-state index contributed by atoms with van der Waals surface area (Å²) < 4.78 is 52.0. The molecule has 0 radical (unpaired) electrons. The van der Waals surface area contributed by atoms with Gasteiger partial charge in [0, 0.05) is 31.6 Å². The van der Waals surface area contributed by atoms with Gasteiger partial charge < -0.3 is 29.2 Å². The van der Waals surface area contributed by atoms with E-state index in [1.807, 2.05) is 37.3 Å². The Hall–Kier alpha value is -4.65. The molecule has 0 aliphatic rings. The van der Waals surface area contributed by atoms with E-state index in [4.69, 9.17) is 42.1 Å². The molecule has 0 heterocycles. The Morgan fingerprint density at radius 3 is 2.08 bits per heavy atom. The van der Waals surface area contributed by atoms with E-state index in [-0.39, 0.29) is 40.1 Å². The van der Waals surface area contributed by atoms with Crippen LogP contribution in [0, 0.1) is 0 Å². The second kappa shape index (κ2) is 18.0. The van der Waals surface area contributed by atoms with E-state index in [0.29, 0.717) is 35.1 Å². The average molecular weight is 759 g/mol. The van der Waals surface area contributed by atoms with Crippen LogP contribution in [0.25, 0.3) is 0 Å². The number of methoxy groups -OCH3 is 4. The normalized spacial score (nSPS) is 11.7. The number of rotatable bonds is 17. The number of anilines is 1. The molecular formula is C37H41Cl2N3O8S. The van der Waals surface area contributed by atoms with Crippen LogP contribution in [0.15, 0.2) is 89.8 Å². The van der Waals surface area contributed by atoms with E-state index in [2.05, 4.69) is 5.32 Å². The molecule has 0 saturated heterocycles. The number of ether oxygens (including phenoxy) is 4. The van der Waals surface area contributed by atoms with Gasteiger partial charge in [-0.1, -0.05) is 66.5 Å². The predicted molar refractivity (Wildman–Crippen MR) is 198 cm³/mol. The molecule has 2 amide bonds. The third-order valence-corrected chi connectivity index (χ3v) is 10.5. The Morgan fingerprint density at radius 2 is 1.45 bits per heavy atom. The zero-order chi connectivity index (χ0) is 37.1. The Labute approximate surface area is 309 Å². The minimum absolute atomic E-state index is 0.0320. The first-order chi connectivity index (χ1) is 24.5. The Kier molecular flexibility index (Phi) is 13.8. The van der Waals surface area contributed by atoms with Gasteiger partial charge in [-0.25, -0.2) is 8.42 Å². The standard InChI is InChI=1S/C37H41Cl2N3O8S/c1-6-18-40-37(44)32(20-25-10-8-7-9-11-25)41(23-26-12-15-29(38)30(39)19-26)36(43)24-42(31-21-27(47-2)13-16-33(31)48-3)51(45,46)28-14-17-34(49-4)35(22-28)50-5/h7-17,19,21-22,32H,6,18,20,23-24H2,1-5H3,(H,40,44). The lowest BCUT2D eigenvalue weighted by Gasteiger charge is -2.34. The van der Waals surface area contributed by atoms with Crippen molar-refractivity contribution in [1.29, 1.82) is 0 Å². The molecule has 4 aromatic carbocycles. The molecule has 1 unspecified atom stereocenters. The molecule has 1 N–H and O–H groups in total. The van der Waals surface area contributed by atoms with Gasteiger partial charge >= 0.3 is 0 Å². The lowest BCUT2D eigenvalue weighted by molar-refractivity contribution is -0.140. The van der Waals surface area contributed by atoms with Crippen LogP contribution in [0.5, 0.6) is 23.0 Å². The summed E-state index contributed by atoms with van der Waals surface area (Å²) in [5.74, 6) is -0.124. The number of nitrogens with one attached hydrogen (secondary N) is 1. The van der Waals surface area contributed by atoms with Crippen molar-refractivity contribution < 1.29 is 37.0 Å². The molecule has 4 aromatic rings. The Morgan fingerprint density at radius 1 is 0.765 bits per heavy atom. The molecule has 0 spiro atoms. The monoisotopic (exact) mass is 757 g/mol. The SMILES string of the molecule is CCCNC(=O)C(Cc1ccccc1)N(Cc1ccc(Cl)c(Cl)c1)C(=O)CN(c1cc(OC)ccc1OC)S(=O)(=O)c1ccc(OC)c(OC)c1. The number of amides is 2. The highest BCUT2D eigenvalue weighted by molar-refractivity contribution is 7.92. The van der Waals surface area contributed by atoms with Crippen molar-refractivity contribution in [2.45, 2.75) is 37.2 Å². The van der Waals surface area contributed by atoms with Crippen LogP contribution in [-0.4, -0.2) is 72.7 Å². The maximum atomic E-state index is 14.8. The first-order valence-corrected chi connectivity index (χ1v) is 18.2. The number of carbonyl (C=O) groups is 2. The van der Waals surface area contributed by atoms with Crippen LogP contribution in [-0.2, 0) is 32.6 Å². The molecular weight excluding hydrogens is 717 g/mol. The third-order valence-electron chi connectivity index (χ3n) is 8.03. The Balaban J connectivity index is 1.90. The summed E-state index contributed by atoms with van der Waals surface area (Å²) in [6.07, 6.45) is 0.811. The van der Waals surface area contributed by atoms with E-state index in [9.17, 15) is 18.0 Å². The summed E-state index contributed by atoms with van der Waals surface area (Å²) in [7, 11) is 1.12. The fraction of sp³-hybridized carbons (Fsp3) is 0.297. The van der Waals surface area contributed by atoms with Crippen LogP contribution in [0.2, 0.25) is 10.0 Å². The Bertz CT molecular complexity index is 1930. The summed E-state index contributed by atoms with van der Waals surface area (Å²) in [6, 6.07) is 21.8. The van der Waals surface area contributed by atoms with E-state index in [1.54, 1.807) is 30.3 Å². The van der Waals surface area contributed by atoms with Gasteiger partial charge in [0.15, 0.2) is 11.5 Å². The van der Waals surface area contributed by atoms with Gasteiger partial charge in [-0.05, 0) is 53.9 Å². The number of benzene rings is 4. The highest BCUT2D eigenvalue weighted by Gasteiger charge is 2.36. The highest BCUT2D eigenvalue weighted by atomic mass is 35.5. The molecule has 0 saturated carbocycles.